The summed E-state index contributed by atoms with van der Waals surface area (Å²) in [6, 6.07) is -0.0244. The maximum Gasteiger partial charge on any atom is 0.280 e. The molecule has 7 nitrogen and oxygen atoms in total. The molecule has 0 aromatic carbocycles. The lowest BCUT2D eigenvalue weighted by atomic mass is 9.99. The first-order valence-electron chi connectivity index (χ1n) is 6.68. The maximum atomic E-state index is 12.2. The van der Waals surface area contributed by atoms with Crippen LogP contribution in [0.2, 0.25) is 0 Å². The Morgan fingerprint density at radius 2 is 2.21 bits per heavy atom. The molecule has 0 spiro atoms. The summed E-state index contributed by atoms with van der Waals surface area (Å²) in [7, 11) is 1.74. The number of fused-ring (bicyclic) bond motifs is 1. The number of hydrogen-bond acceptors (Lipinski definition) is 5. The fourth-order valence-electron chi connectivity index (χ4n) is 2.83. The molecular weight excluding hydrogens is 244 g/mol. The fraction of sp³-hybridized carbons (Fsp3) is 0.667. The Hall–Kier alpha value is -1.76. The predicted octanol–water partition coefficient (Wildman–Crippen LogP) is 0.0425. The van der Waals surface area contributed by atoms with E-state index in [2.05, 4.69) is 15.4 Å². The van der Waals surface area contributed by atoms with E-state index in [1.807, 2.05) is 0 Å². The van der Waals surface area contributed by atoms with Gasteiger partial charge in [-0.05, 0) is 18.8 Å². The molecular formula is C12H18N6O. The zero-order valence-electron chi connectivity index (χ0n) is 11.0. The van der Waals surface area contributed by atoms with Gasteiger partial charge < -0.3 is 5.73 Å². The first-order valence-corrected chi connectivity index (χ1v) is 6.68. The summed E-state index contributed by atoms with van der Waals surface area (Å²) in [6.07, 6.45) is 6.31. The maximum absolute atomic E-state index is 12.2. The molecule has 1 saturated carbocycles. The molecule has 19 heavy (non-hydrogen) atoms. The van der Waals surface area contributed by atoms with Crippen molar-refractivity contribution in [1.82, 2.24) is 24.8 Å². The molecule has 2 aromatic rings. The van der Waals surface area contributed by atoms with Crippen LogP contribution in [-0.2, 0) is 13.6 Å². The molecule has 0 aliphatic heterocycles. The Kier molecular flexibility index (Phi) is 3.06. The van der Waals surface area contributed by atoms with Crippen LogP contribution in [0.1, 0.15) is 25.7 Å². The van der Waals surface area contributed by atoms with Crippen molar-refractivity contribution in [3.8, 4) is 0 Å². The molecule has 1 unspecified atom stereocenters. The number of aromatic nitrogens is 5. The second-order valence-corrected chi connectivity index (χ2v) is 5.29. The van der Waals surface area contributed by atoms with Crippen LogP contribution >= 0.6 is 0 Å². The lowest BCUT2D eigenvalue weighted by Gasteiger charge is -2.18. The predicted molar refractivity (Wildman–Crippen MR) is 70.5 cm³/mol. The van der Waals surface area contributed by atoms with Crippen molar-refractivity contribution < 1.29 is 0 Å². The Labute approximate surface area is 110 Å². The second-order valence-electron chi connectivity index (χ2n) is 5.29. The van der Waals surface area contributed by atoms with E-state index >= 15 is 0 Å². The van der Waals surface area contributed by atoms with Crippen LogP contribution in [-0.4, -0.2) is 30.8 Å². The van der Waals surface area contributed by atoms with E-state index in [1.54, 1.807) is 11.7 Å². The van der Waals surface area contributed by atoms with Gasteiger partial charge in [-0.25, -0.2) is 9.36 Å². The normalized spacial score (nSPS) is 18.2. The Balaban J connectivity index is 1.88. The van der Waals surface area contributed by atoms with Crippen molar-refractivity contribution in [3.05, 3.63) is 16.6 Å². The molecule has 102 valence electrons. The van der Waals surface area contributed by atoms with Crippen molar-refractivity contribution in [3.63, 3.8) is 0 Å². The van der Waals surface area contributed by atoms with E-state index in [0.717, 1.165) is 12.8 Å². The topological polar surface area (TPSA) is 91.6 Å². The van der Waals surface area contributed by atoms with Crippen molar-refractivity contribution in [2.75, 3.05) is 0 Å². The summed E-state index contributed by atoms with van der Waals surface area (Å²) >= 11 is 0. The quantitative estimate of drug-likeness (QED) is 0.843. The van der Waals surface area contributed by atoms with Gasteiger partial charge in [0.2, 0.25) is 0 Å². The molecule has 1 fully saturated rings. The van der Waals surface area contributed by atoms with E-state index in [9.17, 15) is 4.79 Å². The van der Waals surface area contributed by atoms with Crippen molar-refractivity contribution in [2.45, 2.75) is 38.3 Å². The number of hydrogen-bond donors (Lipinski definition) is 1. The van der Waals surface area contributed by atoms with Gasteiger partial charge in [0.25, 0.3) is 5.56 Å². The number of nitrogens with two attached hydrogens (primary N) is 1. The van der Waals surface area contributed by atoms with Gasteiger partial charge in [0.05, 0.1) is 12.7 Å². The molecule has 0 amide bonds. The van der Waals surface area contributed by atoms with E-state index in [1.165, 1.54) is 23.7 Å². The van der Waals surface area contributed by atoms with Gasteiger partial charge in [-0.15, -0.1) is 5.10 Å². The first kappa shape index (κ1) is 12.3. The lowest BCUT2D eigenvalue weighted by molar-refractivity contribution is 0.360. The van der Waals surface area contributed by atoms with Crippen LogP contribution in [0.5, 0.6) is 0 Å². The number of aryl methyl sites for hydroxylation is 1. The third kappa shape index (κ3) is 2.14. The van der Waals surface area contributed by atoms with Gasteiger partial charge in [0.15, 0.2) is 5.65 Å². The van der Waals surface area contributed by atoms with Crippen LogP contribution in [0.25, 0.3) is 11.0 Å². The minimum Gasteiger partial charge on any atom is -0.326 e. The molecule has 0 bridgehead atoms. The highest BCUT2D eigenvalue weighted by Gasteiger charge is 2.23. The van der Waals surface area contributed by atoms with E-state index in [-0.39, 0.29) is 11.6 Å². The molecule has 7 heteroatoms. The fourth-order valence-corrected chi connectivity index (χ4v) is 2.83. The van der Waals surface area contributed by atoms with Gasteiger partial charge in [-0.3, -0.25) is 4.79 Å². The zero-order chi connectivity index (χ0) is 13.4. The third-order valence-electron chi connectivity index (χ3n) is 4.01. The van der Waals surface area contributed by atoms with Crippen molar-refractivity contribution in [2.24, 2.45) is 18.7 Å². The van der Waals surface area contributed by atoms with Crippen molar-refractivity contribution in [1.29, 1.82) is 0 Å². The largest absolute Gasteiger partial charge is 0.326 e. The summed E-state index contributed by atoms with van der Waals surface area (Å²) in [5.74, 6) is 0.498. The second kappa shape index (κ2) is 4.73. The van der Waals surface area contributed by atoms with Crippen LogP contribution in [0.3, 0.4) is 0 Å². The van der Waals surface area contributed by atoms with Gasteiger partial charge >= 0.3 is 0 Å². The zero-order valence-corrected chi connectivity index (χ0v) is 11.0. The summed E-state index contributed by atoms with van der Waals surface area (Å²) in [5, 5.41) is 12.5. The number of nitrogens with zero attached hydrogens (tertiary/aromatic N) is 5. The molecule has 1 aliphatic carbocycles. The Morgan fingerprint density at radius 3 is 2.95 bits per heavy atom. The van der Waals surface area contributed by atoms with E-state index < -0.39 is 0 Å². The highest BCUT2D eigenvalue weighted by Crippen LogP contribution is 2.27. The van der Waals surface area contributed by atoms with Gasteiger partial charge in [0.1, 0.15) is 5.39 Å². The Bertz CT molecular complexity index is 639. The average molecular weight is 262 g/mol. The van der Waals surface area contributed by atoms with Crippen LogP contribution in [0.15, 0.2) is 11.0 Å². The number of rotatable bonds is 3. The van der Waals surface area contributed by atoms with Crippen LogP contribution < -0.4 is 11.3 Å². The van der Waals surface area contributed by atoms with Gasteiger partial charge in [-0.1, -0.05) is 18.1 Å². The van der Waals surface area contributed by atoms with Crippen LogP contribution in [0.4, 0.5) is 0 Å². The lowest BCUT2D eigenvalue weighted by Crippen LogP contribution is -2.38. The van der Waals surface area contributed by atoms with Gasteiger partial charge in [-0.2, -0.15) is 5.10 Å². The van der Waals surface area contributed by atoms with E-state index in [0.29, 0.717) is 23.5 Å². The van der Waals surface area contributed by atoms with E-state index in [4.69, 9.17) is 5.73 Å². The highest BCUT2D eigenvalue weighted by molar-refractivity contribution is 5.72. The van der Waals surface area contributed by atoms with Crippen LogP contribution in [0, 0.1) is 5.92 Å². The average Bonchev–Trinajstić information content (AvgIpc) is 3.03. The molecule has 0 radical (unpaired) electrons. The first-order chi connectivity index (χ1) is 9.16. The molecule has 0 saturated heterocycles. The third-order valence-corrected chi connectivity index (χ3v) is 4.01. The standard InChI is InChI=1S/C12H18N6O/c1-17-11-9(6-14-17)12(19)18(16-15-11)7-10(13)8-4-2-3-5-8/h6,8,10H,2-5,7,13H2,1H3. The van der Waals surface area contributed by atoms with Crippen molar-refractivity contribution >= 4 is 11.0 Å². The summed E-state index contributed by atoms with van der Waals surface area (Å²) in [5.41, 5.74) is 6.53. The minimum atomic E-state index is -0.161. The molecule has 2 aromatic heterocycles. The molecule has 3 rings (SSSR count). The Morgan fingerprint density at radius 1 is 1.47 bits per heavy atom. The van der Waals surface area contributed by atoms with Gasteiger partial charge in [0, 0.05) is 13.1 Å². The molecule has 2 heterocycles. The minimum absolute atomic E-state index is 0.0244. The summed E-state index contributed by atoms with van der Waals surface area (Å²) in [4.78, 5) is 12.2. The summed E-state index contributed by atoms with van der Waals surface area (Å²) in [6.45, 7) is 0.432. The molecule has 1 aliphatic rings. The highest BCUT2D eigenvalue weighted by atomic mass is 16.1. The smallest absolute Gasteiger partial charge is 0.280 e. The molecule has 2 N–H and O–H groups in total. The summed E-state index contributed by atoms with van der Waals surface area (Å²) < 4.78 is 2.91. The monoisotopic (exact) mass is 262 g/mol. The molecule has 1 atom stereocenters. The SMILES string of the molecule is Cn1ncc2c(=O)n(CC(N)C3CCCC3)nnc21.